The lowest BCUT2D eigenvalue weighted by molar-refractivity contribution is 0.217. The Morgan fingerprint density at radius 1 is 0.913 bits per heavy atom. The summed E-state index contributed by atoms with van der Waals surface area (Å²) in [5, 5.41) is 0.509. The molecule has 3 rings (SSSR count). The Hall–Kier alpha value is -2.79. The molecule has 0 fully saturated rings. The van der Waals surface area contributed by atoms with Crippen molar-refractivity contribution in [2.75, 3.05) is 13.2 Å². The van der Waals surface area contributed by atoms with Crippen LogP contribution in [0.4, 0.5) is 0 Å². The molecule has 0 atom stereocenters. The molecule has 23 heavy (non-hydrogen) atoms. The van der Waals surface area contributed by atoms with Crippen LogP contribution in [0.5, 0.6) is 11.5 Å². The lowest BCUT2D eigenvalue weighted by atomic mass is 10.2. The first-order valence-electron chi connectivity index (χ1n) is 7.34. The standard InChI is InChI=1S/C18H17NO4/c19-12-15-10-17(20)16-7-6-14(11-18(16)23-15)22-9-8-21-13-4-2-1-3-5-13/h1-7,10-11H,8-9,12,19H2. The molecule has 0 unspecified atom stereocenters. The van der Waals surface area contributed by atoms with Gasteiger partial charge in [0.25, 0.3) is 0 Å². The van der Waals surface area contributed by atoms with Crippen LogP contribution in [-0.2, 0) is 6.54 Å². The van der Waals surface area contributed by atoms with Gasteiger partial charge < -0.3 is 19.6 Å². The molecular weight excluding hydrogens is 294 g/mol. The minimum atomic E-state index is -0.106. The summed E-state index contributed by atoms with van der Waals surface area (Å²) in [6.45, 7) is 0.997. The predicted octanol–water partition coefficient (Wildman–Crippen LogP) is 2.71. The third-order valence-electron chi connectivity index (χ3n) is 3.32. The van der Waals surface area contributed by atoms with Gasteiger partial charge >= 0.3 is 0 Å². The molecule has 5 heteroatoms. The number of para-hydroxylation sites is 1. The van der Waals surface area contributed by atoms with Crippen molar-refractivity contribution < 1.29 is 13.9 Å². The van der Waals surface area contributed by atoms with Crippen LogP contribution in [0.15, 0.2) is 63.8 Å². The first-order chi connectivity index (χ1) is 11.3. The molecule has 118 valence electrons. The number of hydrogen-bond donors (Lipinski definition) is 1. The Morgan fingerprint density at radius 3 is 2.39 bits per heavy atom. The summed E-state index contributed by atoms with van der Waals surface area (Å²) in [5.74, 6) is 1.87. The van der Waals surface area contributed by atoms with Crippen LogP contribution in [0.3, 0.4) is 0 Å². The van der Waals surface area contributed by atoms with E-state index in [1.54, 1.807) is 18.2 Å². The van der Waals surface area contributed by atoms with Crippen LogP contribution in [-0.4, -0.2) is 13.2 Å². The van der Waals surface area contributed by atoms with E-state index in [0.717, 1.165) is 5.75 Å². The maximum atomic E-state index is 11.9. The fourth-order valence-electron chi connectivity index (χ4n) is 2.21. The van der Waals surface area contributed by atoms with Gasteiger partial charge in [0, 0.05) is 12.1 Å². The Balaban J connectivity index is 1.65. The van der Waals surface area contributed by atoms with Gasteiger partial charge in [0.2, 0.25) is 0 Å². The summed E-state index contributed by atoms with van der Waals surface area (Å²) in [4.78, 5) is 11.9. The highest BCUT2D eigenvalue weighted by Gasteiger charge is 2.05. The molecule has 1 heterocycles. The van der Waals surface area contributed by atoms with Crippen molar-refractivity contribution in [1.29, 1.82) is 0 Å². The van der Waals surface area contributed by atoms with E-state index in [-0.39, 0.29) is 12.0 Å². The molecule has 3 aromatic rings. The molecule has 2 N–H and O–H groups in total. The van der Waals surface area contributed by atoms with Gasteiger partial charge in [0.15, 0.2) is 5.43 Å². The second kappa shape index (κ2) is 6.98. The molecular formula is C18H17NO4. The number of benzene rings is 2. The van der Waals surface area contributed by atoms with Crippen molar-refractivity contribution in [2.45, 2.75) is 6.54 Å². The summed E-state index contributed by atoms with van der Waals surface area (Å²) in [6.07, 6.45) is 0. The van der Waals surface area contributed by atoms with Gasteiger partial charge in [0.1, 0.15) is 36.1 Å². The summed E-state index contributed by atoms with van der Waals surface area (Å²) < 4.78 is 16.8. The van der Waals surface area contributed by atoms with Crippen molar-refractivity contribution >= 4 is 11.0 Å². The zero-order valence-corrected chi connectivity index (χ0v) is 12.5. The summed E-state index contributed by atoms with van der Waals surface area (Å²) >= 11 is 0. The third-order valence-corrected chi connectivity index (χ3v) is 3.32. The molecule has 0 aliphatic rings. The van der Waals surface area contributed by atoms with Gasteiger partial charge in [-0.2, -0.15) is 0 Å². The molecule has 0 bridgehead atoms. The van der Waals surface area contributed by atoms with E-state index in [9.17, 15) is 4.79 Å². The highest BCUT2D eigenvalue weighted by Crippen LogP contribution is 2.19. The van der Waals surface area contributed by atoms with Crippen LogP contribution in [0, 0.1) is 0 Å². The fourth-order valence-corrected chi connectivity index (χ4v) is 2.21. The second-order valence-corrected chi connectivity index (χ2v) is 4.95. The van der Waals surface area contributed by atoms with Crippen molar-refractivity contribution in [3.63, 3.8) is 0 Å². The largest absolute Gasteiger partial charge is 0.490 e. The first kappa shape index (κ1) is 15.1. The van der Waals surface area contributed by atoms with Crippen LogP contribution >= 0.6 is 0 Å². The first-order valence-corrected chi connectivity index (χ1v) is 7.34. The number of ether oxygens (including phenoxy) is 2. The second-order valence-electron chi connectivity index (χ2n) is 4.95. The summed E-state index contributed by atoms with van der Waals surface area (Å²) in [5.41, 5.74) is 5.89. The summed E-state index contributed by atoms with van der Waals surface area (Å²) in [7, 11) is 0. The lowest BCUT2D eigenvalue weighted by Crippen LogP contribution is -2.09. The molecule has 0 saturated carbocycles. The monoisotopic (exact) mass is 311 g/mol. The minimum Gasteiger partial charge on any atom is -0.490 e. The topological polar surface area (TPSA) is 74.7 Å². The molecule has 0 spiro atoms. The Morgan fingerprint density at radius 2 is 1.65 bits per heavy atom. The Labute approximate surface area is 133 Å². The molecule has 1 aromatic heterocycles. The average Bonchev–Trinajstić information content (AvgIpc) is 2.59. The van der Waals surface area contributed by atoms with E-state index in [2.05, 4.69) is 0 Å². The van der Waals surface area contributed by atoms with E-state index in [0.29, 0.717) is 35.7 Å². The quantitative estimate of drug-likeness (QED) is 0.708. The maximum Gasteiger partial charge on any atom is 0.193 e. The van der Waals surface area contributed by atoms with Gasteiger partial charge in [-0.15, -0.1) is 0 Å². The number of rotatable bonds is 6. The summed E-state index contributed by atoms with van der Waals surface area (Å²) in [6, 6.07) is 16.1. The van der Waals surface area contributed by atoms with Crippen molar-refractivity contribution in [3.05, 3.63) is 70.6 Å². The van der Waals surface area contributed by atoms with Crippen molar-refractivity contribution in [2.24, 2.45) is 5.73 Å². The fraction of sp³-hybridized carbons (Fsp3) is 0.167. The van der Waals surface area contributed by atoms with Gasteiger partial charge in [0.05, 0.1) is 11.9 Å². The van der Waals surface area contributed by atoms with Crippen LogP contribution in [0.25, 0.3) is 11.0 Å². The van der Waals surface area contributed by atoms with E-state index in [1.807, 2.05) is 30.3 Å². The minimum absolute atomic E-state index is 0.106. The van der Waals surface area contributed by atoms with E-state index in [4.69, 9.17) is 19.6 Å². The van der Waals surface area contributed by atoms with Crippen LogP contribution in [0.1, 0.15) is 5.76 Å². The Bertz CT molecular complexity index is 843. The van der Waals surface area contributed by atoms with Crippen molar-refractivity contribution in [1.82, 2.24) is 0 Å². The molecule has 5 nitrogen and oxygen atoms in total. The molecule has 2 aromatic carbocycles. The van der Waals surface area contributed by atoms with E-state index in [1.165, 1.54) is 6.07 Å². The SMILES string of the molecule is NCc1cc(=O)c2ccc(OCCOc3ccccc3)cc2o1. The number of fused-ring (bicyclic) bond motifs is 1. The lowest BCUT2D eigenvalue weighted by Gasteiger charge is -2.09. The van der Waals surface area contributed by atoms with E-state index < -0.39 is 0 Å². The highest BCUT2D eigenvalue weighted by molar-refractivity contribution is 5.77. The van der Waals surface area contributed by atoms with Gasteiger partial charge in [-0.1, -0.05) is 18.2 Å². The molecule has 0 aliphatic carbocycles. The van der Waals surface area contributed by atoms with E-state index >= 15 is 0 Å². The van der Waals surface area contributed by atoms with Gasteiger partial charge in [-0.25, -0.2) is 0 Å². The number of nitrogens with two attached hydrogens (primary N) is 1. The predicted molar refractivity (Wildman–Crippen MR) is 87.8 cm³/mol. The van der Waals surface area contributed by atoms with Gasteiger partial charge in [-0.3, -0.25) is 4.79 Å². The highest BCUT2D eigenvalue weighted by atomic mass is 16.5. The van der Waals surface area contributed by atoms with Crippen LogP contribution < -0.4 is 20.6 Å². The van der Waals surface area contributed by atoms with Gasteiger partial charge in [-0.05, 0) is 24.3 Å². The normalized spacial score (nSPS) is 10.7. The molecule has 0 saturated heterocycles. The molecule has 0 aliphatic heterocycles. The zero-order chi connectivity index (χ0) is 16.1. The smallest absolute Gasteiger partial charge is 0.193 e. The Kier molecular flexibility index (Phi) is 4.59. The molecule has 0 radical (unpaired) electrons. The third kappa shape index (κ3) is 3.70. The number of hydrogen-bond acceptors (Lipinski definition) is 5. The zero-order valence-electron chi connectivity index (χ0n) is 12.5. The maximum absolute atomic E-state index is 11.9. The average molecular weight is 311 g/mol. The molecule has 0 amide bonds. The van der Waals surface area contributed by atoms with Crippen molar-refractivity contribution in [3.8, 4) is 11.5 Å². The van der Waals surface area contributed by atoms with Crippen LogP contribution in [0.2, 0.25) is 0 Å².